The molecule has 1 heterocycles. The van der Waals surface area contributed by atoms with Crippen LogP contribution in [0.25, 0.3) is 0 Å². The number of benzene rings is 2. The van der Waals surface area contributed by atoms with Crippen molar-refractivity contribution < 1.29 is 19.1 Å². The van der Waals surface area contributed by atoms with E-state index in [1.807, 2.05) is 31.2 Å². The molecule has 1 atom stereocenters. The zero-order chi connectivity index (χ0) is 20.8. The number of ether oxygens (including phenoxy) is 1. The van der Waals surface area contributed by atoms with Crippen molar-refractivity contribution in [2.24, 2.45) is 4.99 Å². The van der Waals surface area contributed by atoms with Crippen LogP contribution in [0.2, 0.25) is 0 Å². The summed E-state index contributed by atoms with van der Waals surface area (Å²) in [5, 5.41) is 5.40. The Balaban J connectivity index is 1.57. The van der Waals surface area contributed by atoms with Gasteiger partial charge >= 0.3 is 5.97 Å². The zero-order valence-corrected chi connectivity index (χ0v) is 16.9. The van der Waals surface area contributed by atoms with Crippen LogP contribution in [0, 0.1) is 6.92 Å². The summed E-state index contributed by atoms with van der Waals surface area (Å²) in [5.74, 6) is -0.946. The van der Waals surface area contributed by atoms with Gasteiger partial charge in [-0.15, -0.1) is 0 Å². The lowest BCUT2D eigenvalue weighted by Crippen LogP contribution is -2.28. The molecule has 1 saturated heterocycles. The molecule has 8 heteroatoms. The lowest BCUT2D eigenvalue weighted by atomic mass is 10.2. The minimum absolute atomic E-state index is 0.0168. The molecule has 0 aliphatic carbocycles. The number of thioether (sulfide) groups is 1. The Morgan fingerprint density at radius 2 is 1.90 bits per heavy atom. The van der Waals surface area contributed by atoms with Gasteiger partial charge in [0.05, 0.1) is 17.9 Å². The van der Waals surface area contributed by atoms with E-state index >= 15 is 0 Å². The predicted molar refractivity (Wildman–Crippen MR) is 113 cm³/mol. The highest BCUT2D eigenvalue weighted by Gasteiger charge is 2.32. The van der Waals surface area contributed by atoms with Crippen LogP contribution >= 0.6 is 11.8 Å². The quantitative estimate of drug-likeness (QED) is 0.710. The number of amidine groups is 1. The molecule has 3 rings (SSSR count). The van der Waals surface area contributed by atoms with Crippen molar-refractivity contribution >= 4 is 46.1 Å². The largest absolute Gasteiger partial charge is 0.462 e. The molecular weight excluding hydrogens is 390 g/mol. The summed E-state index contributed by atoms with van der Waals surface area (Å²) in [6, 6.07) is 14.0. The Morgan fingerprint density at radius 1 is 1.17 bits per heavy atom. The molecule has 0 aromatic heterocycles. The number of anilines is 1. The van der Waals surface area contributed by atoms with Crippen molar-refractivity contribution in [2.45, 2.75) is 25.5 Å². The van der Waals surface area contributed by atoms with Gasteiger partial charge < -0.3 is 15.4 Å². The van der Waals surface area contributed by atoms with Crippen LogP contribution in [0.1, 0.15) is 29.3 Å². The first-order valence-electron chi connectivity index (χ1n) is 9.15. The second-order valence-electron chi connectivity index (χ2n) is 6.35. The van der Waals surface area contributed by atoms with Gasteiger partial charge in [-0.2, -0.15) is 0 Å². The number of nitrogens with zero attached hydrogens (tertiary/aromatic N) is 1. The van der Waals surface area contributed by atoms with Gasteiger partial charge in [-0.05, 0) is 49.7 Å². The minimum atomic E-state index is -0.545. The monoisotopic (exact) mass is 411 g/mol. The number of aryl methyl sites for hydroxylation is 1. The van der Waals surface area contributed by atoms with Crippen LogP contribution in [0.4, 0.5) is 11.4 Å². The maximum absolute atomic E-state index is 12.3. The smallest absolute Gasteiger partial charge is 0.338 e. The first-order valence-corrected chi connectivity index (χ1v) is 10.0. The van der Waals surface area contributed by atoms with E-state index in [1.165, 1.54) is 11.8 Å². The van der Waals surface area contributed by atoms with Gasteiger partial charge in [0.15, 0.2) is 5.17 Å². The number of hydrogen-bond acceptors (Lipinski definition) is 6. The van der Waals surface area contributed by atoms with Gasteiger partial charge in [0.1, 0.15) is 5.25 Å². The molecule has 2 aromatic carbocycles. The van der Waals surface area contributed by atoms with Crippen molar-refractivity contribution in [2.75, 3.05) is 11.9 Å². The third kappa shape index (κ3) is 5.45. The predicted octanol–water partition coefficient (Wildman–Crippen LogP) is 3.42. The molecule has 1 aliphatic heterocycles. The van der Waals surface area contributed by atoms with Gasteiger partial charge in [0, 0.05) is 12.1 Å². The summed E-state index contributed by atoms with van der Waals surface area (Å²) < 4.78 is 4.92. The zero-order valence-electron chi connectivity index (χ0n) is 16.1. The number of nitrogens with one attached hydrogen (secondary N) is 2. The summed E-state index contributed by atoms with van der Waals surface area (Å²) >= 11 is 1.24. The number of esters is 1. The molecule has 29 heavy (non-hydrogen) atoms. The van der Waals surface area contributed by atoms with Gasteiger partial charge in [0.25, 0.3) is 0 Å². The summed E-state index contributed by atoms with van der Waals surface area (Å²) in [4.78, 5) is 40.6. The van der Waals surface area contributed by atoms with E-state index in [9.17, 15) is 14.4 Å². The topological polar surface area (TPSA) is 96.9 Å². The fraction of sp³-hybridized carbons (Fsp3) is 0.238. The maximum atomic E-state index is 12.3. The van der Waals surface area contributed by atoms with E-state index in [1.54, 1.807) is 31.2 Å². The normalized spacial score (nSPS) is 17.1. The second-order valence-corrected chi connectivity index (χ2v) is 7.54. The van der Waals surface area contributed by atoms with E-state index in [0.29, 0.717) is 23.0 Å². The van der Waals surface area contributed by atoms with Crippen LogP contribution in [-0.2, 0) is 14.3 Å². The lowest BCUT2D eigenvalue weighted by Gasteiger charge is -2.08. The Kier molecular flexibility index (Phi) is 6.66. The Labute approximate surface area is 172 Å². The molecule has 1 fully saturated rings. The molecular formula is C21H21N3O4S. The molecule has 2 amide bonds. The Morgan fingerprint density at radius 3 is 2.59 bits per heavy atom. The molecule has 0 bridgehead atoms. The molecule has 1 aliphatic rings. The Bertz CT molecular complexity index is 957. The standard InChI is InChI=1S/C21H21N3O4S/c1-3-28-20(27)14-8-10-15(11-9-14)22-18(25)12-17-19(26)24-21(29-17)23-16-7-5-4-6-13(16)2/h4-11,17H,3,12H2,1-2H3,(H,22,25)(H,23,24,26)/t17-/m1/s1. The van der Waals surface area contributed by atoms with Crippen LogP contribution in [0.3, 0.4) is 0 Å². The highest BCUT2D eigenvalue weighted by molar-refractivity contribution is 8.15. The van der Waals surface area contributed by atoms with Crippen LogP contribution in [-0.4, -0.2) is 34.8 Å². The third-order valence-electron chi connectivity index (χ3n) is 4.16. The Hall–Kier alpha value is -3.13. The number of rotatable bonds is 6. The lowest BCUT2D eigenvalue weighted by molar-refractivity contribution is -0.122. The van der Waals surface area contributed by atoms with Crippen LogP contribution in [0.5, 0.6) is 0 Å². The first-order chi connectivity index (χ1) is 14.0. The van der Waals surface area contributed by atoms with Gasteiger partial charge in [-0.3, -0.25) is 9.59 Å². The molecule has 2 aromatic rings. The number of amides is 2. The molecule has 0 saturated carbocycles. The van der Waals surface area contributed by atoms with E-state index < -0.39 is 11.2 Å². The van der Waals surface area contributed by atoms with E-state index in [0.717, 1.165) is 11.3 Å². The number of aliphatic imine (C=N–C) groups is 1. The summed E-state index contributed by atoms with van der Waals surface area (Å²) in [6.07, 6.45) is 0.0168. The highest BCUT2D eigenvalue weighted by Crippen LogP contribution is 2.27. The average Bonchev–Trinajstić information content (AvgIpc) is 3.03. The molecule has 0 radical (unpaired) electrons. The van der Waals surface area contributed by atoms with Crippen LogP contribution < -0.4 is 10.6 Å². The fourth-order valence-corrected chi connectivity index (χ4v) is 3.66. The number of hydrogen-bond donors (Lipinski definition) is 2. The van der Waals surface area contributed by atoms with Crippen molar-refractivity contribution in [3.8, 4) is 0 Å². The van der Waals surface area contributed by atoms with Crippen molar-refractivity contribution in [1.29, 1.82) is 0 Å². The van der Waals surface area contributed by atoms with Crippen molar-refractivity contribution in [3.63, 3.8) is 0 Å². The number of carbonyl (C=O) groups is 3. The second kappa shape index (κ2) is 9.38. The highest BCUT2D eigenvalue weighted by atomic mass is 32.2. The fourth-order valence-electron chi connectivity index (χ4n) is 2.68. The van der Waals surface area contributed by atoms with Gasteiger partial charge in [0.2, 0.25) is 11.8 Å². The molecule has 150 valence electrons. The average molecular weight is 411 g/mol. The van der Waals surface area contributed by atoms with Crippen LogP contribution in [0.15, 0.2) is 53.5 Å². The minimum Gasteiger partial charge on any atom is -0.462 e. The van der Waals surface area contributed by atoms with Gasteiger partial charge in [-0.1, -0.05) is 30.0 Å². The van der Waals surface area contributed by atoms with Crippen molar-refractivity contribution in [3.05, 3.63) is 59.7 Å². The molecule has 0 unspecified atom stereocenters. The molecule has 7 nitrogen and oxygen atoms in total. The SMILES string of the molecule is CCOC(=O)c1ccc(NC(=O)C[C@H]2SC(=Nc3ccccc3C)NC2=O)cc1. The summed E-state index contributed by atoms with van der Waals surface area (Å²) in [5.41, 5.74) is 2.73. The summed E-state index contributed by atoms with van der Waals surface area (Å²) in [6.45, 7) is 3.98. The number of carbonyl (C=O) groups excluding carboxylic acids is 3. The third-order valence-corrected chi connectivity index (χ3v) is 5.25. The first kappa shape index (κ1) is 20.6. The van der Waals surface area contributed by atoms with E-state index in [-0.39, 0.29) is 18.2 Å². The molecule has 0 spiro atoms. The summed E-state index contributed by atoms with van der Waals surface area (Å²) in [7, 11) is 0. The maximum Gasteiger partial charge on any atom is 0.338 e. The van der Waals surface area contributed by atoms with Crippen molar-refractivity contribution in [1.82, 2.24) is 5.32 Å². The van der Waals surface area contributed by atoms with Gasteiger partial charge in [-0.25, -0.2) is 9.79 Å². The van der Waals surface area contributed by atoms with E-state index in [4.69, 9.17) is 4.74 Å². The molecule has 2 N–H and O–H groups in total. The van der Waals surface area contributed by atoms with E-state index in [2.05, 4.69) is 15.6 Å². The number of para-hydroxylation sites is 1.